The van der Waals surface area contributed by atoms with Crippen LogP contribution in [-0.2, 0) is 0 Å². The lowest BCUT2D eigenvalue weighted by Gasteiger charge is -2.21. The maximum atomic E-state index is 11.2. The predicted octanol–water partition coefficient (Wildman–Crippen LogP) is 3.68. The van der Waals surface area contributed by atoms with Crippen LogP contribution in [0, 0.1) is 0 Å². The summed E-state index contributed by atoms with van der Waals surface area (Å²) in [6, 6.07) is 9.22. The Morgan fingerprint density at radius 2 is 1.85 bits per heavy atom. The number of carboxylic acid groups (broad SMARTS) is 1. The van der Waals surface area contributed by atoms with Gasteiger partial charge in [0.05, 0.1) is 5.02 Å². The number of carbonyl (C=O) groups is 1. The van der Waals surface area contributed by atoms with E-state index >= 15 is 0 Å². The van der Waals surface area contributed by atoms with Gasteiger partial charge in [-0.15, -0.1) is 0 Å². The maximum absolute atomic E-state index is 11.2. The molecule has 106 valence electrons. The molecule has 1 N–H and O–H groups in total. The zero-order valence-corrected chi connectivity index (χ0v) is 12.3. The summed E-state index contributed by atoms with van der Waals surface area (Å²) in [6.45, 7) is 6.08. The highest BCUT2D eigenvalue weighted by Crippen LogP contribution is 2.22. The van der Waals surface area contributed by atoms with Gasteiger partial charge in [-0.1, -0.05) is 11.6 Å². The fourth-order valence-electron chi connectivity index (χ4n) is 2.22. The first-order valence-corrected chi connectivity index (χ1v) is 6.91. The molecule has 0 radical (unpaired) electrons. The first kappa shape index (κ1) is 14.5. The standard InChI is InChI=1S/C15H17ClN2O2/c1-3-17(4-2)12-5-7-13(8-6-12)18-10-11(16)9-14(18)15(19)20/h5-10H,3-4H2,1-2H3,(H,19,20). The molecule has 0 saturated carbocycles. The smallest absolute Gasteiger partial charge is 0.352 e. The van der Waals surface area contributed by atoms with Crippen molar-refractivity contribution in [3.63, 3.8) is 0 Å². The Morgan fingerprint density at radius 1 is 1.25 bits per heavy atom. The Bertz CT molecular complexity index is 601. The minimum absolute atomic E-state index is 0.158. The van der Waals surface area contributed by atoms with Gasteiger partial charge >= 0.3 is 5.97 Å². The van der Waals surface area contributed by atoms with Crippen LogP contribution in [0.25, 0.3) is 5.69 Å². The molecule has 20 heavy (non-hydrogen) atoms. The Labute approximate surface area is 123 Å². The van der Waals surface area contributed by atoms with Gasteiger partial charge in [-0.2, -0.15) is 0 Å². The van der Waals surface area contributed by atoms with E-state index in [9.17, 15) is 9.90 Å². The Kier molecular flexibility index (Phi) is 4.35. The van der Waals surface area contributed by atoms with E-state index in [-0.39, 0.29) is 5.69 Å². The van der Waals surface area contributed by atoms with Gasteiger partial charge in [0.25, 0.3) is 0 Å². The lowest BCUT2D eigenvalue weighted by Crippen LogP contribution is -2.21. The van der Waals surface area contributed by atoms with Crippen molar-refractivity contribution >= 4 is 23.3 Å². The molecule has 0 bridgehead atoms. The molecule has 0 spiro atoms. The second kappa shape index (κ2) is 6.01. The topological polar surface area (TPSA) is 45.5 Å². The van der Waals surface area contributed by atoms with Crippen LogP contribution < -0.4 is 4.90 Å². The number of anilines is 1. The summed E-state index contributed by atoms with van der Waals surface area (Å²) in [5, 5.41) is 9.58. The highest BCUT2D eigenvalue weighted by Gasteiger charge is 2.13. The zero-order chi connectivity index (χ0) is 14.7. The largest absolute Gasteiger partial charge is 0.477 e. The number of benzene rings is 1. The highest BCUT2D eigenvalue weighted by atomic mass is 35.5. The van der Waals surface area contributed by atoms with Crippen molar-refractivity contribution in [3.8, 4) is 5.69 Å². The molecule has 0 aliphatic carbocycles. The minimum atomic E-state index is -0.996. The molecule has 0 unspecified atom stereocenters. The monoisotopic (exact) mass is 292 g/mol. The summed E-state index contributed by atoms with van der Waals surface area (Å²) in [7, 11) is 0. The van der Waals surface area contributed by atoms with Crippen LogP contribution in [0.4, 0.5) is 5.69 Å². The Balaban J connectivity index is 2.37. The number of hydrogen-bond acceptors (Lipinski definition) is 2. The predicted molar refractivity (Wildman–Crippen MR) is 81.3 cm³/mol. The summed E-state index contributed by atoms with van der Waals surface area (Å²) < 4.78 is 1.58. The number of nitrogens with zero attached hydrogens (tertiary/aromatic N) is 2. The highest BCUT2D eigenvalue weighted by molar-refractivity contribution is 6.31. The normalized spacial score (nSPS) is 10.6. The van der Waals surface area contributed by atoms with Gasteiger partial charge in [0.1, 0.15) is 5.69 Å². The van der Waals surface area contributed by atoms with Gasteiger partial charge in [0.2, 0.25) is 0 Å². The van der Waals surface area contributed by atoms with Crippen LogP contribution in [0.3, 0.4) is 0 Å². The summed E-state index contributed by atoms with van der Waals surface area (Å²) in [5.74, 6) is -0.996. The van der Waals surface area contributed by atoms with Gasteiger partial charge in [0, 0.05) is 30.7 Å². The van der Waals surface area contributed by atoms with E-state index in [1.807, 2.05) is 24.3 Å². The van der Waals surface area contributed by atoms with Gasteiger partial charge in [-0.25, -0.2) is 4.79 Å². The summed E-state index contributed by atoms with van der Waals surface area (Å²) in [6.07, 6.45) is 1.61. The number of hydrogen-bond donors (Lipinski definition) is 1. The van der Waals surface area contributed by atoms with E-state index in [2.05, 4.69) is 18.7 Å². The zero-order valence-electron chi connectivity index (χ0n) is 11.5. The second-order valence-corrected chi connectivity index (χ2v) is 4.84. The first-order valence-electron chi connectivity index (χ1n) is 6.53. The van der Waals surface area contributed by atoms with E-state index < -0.39 is 5.97 Å². The SMILES string of the molecule is CCN(CC)c1ccc(-n2cc(Cl)cc2C(=O)O)cc1. The van der Waals surface area contributed by atoms with Crippen molar-refractivity contribution in [3.05, 3.63) is 47.2 Å². The third-order valence-corrected chi connectivity index (χ3v) is 3.47. The van der Waals surface area contributed by atoms with E-state index in [0.29, 0.717) is 5.02 Å². The molecule has 0 aliphatic rings. The van der Waals surface area contributed by atoms with E-state index in [0.717, 1.165) is 24.5 Å². The van der Waals surface area contributed by atoms with Crippen LogP contribution >= 0.6 is 11.6 Å². The van der Waals surface area contributed by atoms with Gasteiger partial charge in [0.15, 0.2) is 0 Å². The molecule has 0 atom stereocenters. The molecule has 4 nitrogen and oxygen atoms in total. The van der Waals surface area contributed by atoms with Crippen molar-refractivity contribution in [2.24, 2.45) is 0 Å². The van der Waals surface area contributed by atoms with Crippen molar-refractivity contribution in [1.82, 2.24) is 4.57 Å². The number of carboxylic acids is 1. The minimum Gasteiger partial charge on any atom is -0.477 e. The molecule has 0 fully saturated rings. The number of rotatable bonds is 5. The van der Waals surface area contributed by atoms with E-state index in [1.165, 1.54) is 6.07 Å². The molecular formula is C15H17ClN2O2. The third-order valence-electron chi connectivity index (χ3n) is 3.26. The van der Waals surface area contributed by atoms with Gasteiger partial charge in [-0.05, 0) is 44.2 Å². The summed E-state index contributed by atoms with van der Waals surface area (Å²) in [4.78, 5) is 13.4. The fraction of sp³-hybridized carbons (Fsp3) is 0.267. The van der Waals surface area contributed by atoms with Crippen molar-refractivity contribution in [2.75, 3.05) is 18.0 Å². The molecule has 2 rings (SSSR count). The average molecular weight is 293 g/mol. The Hall–Kier alpha value is -1.94. The van der Waals surface area contributed by atoms with Crippen molar-refractivity contribution in [2.45, 2.75) is 13.8 Å². The van der Waals surface area contributed by atoms with Gasteiger partial charge in [-0.3, -0.25) is 0 Å². The van der Waals surface area contributed by atoms with Crippen LogP contribution in [0.2, 0.25) is 5.02 Å². The van der Waals surface area contributed by atoms with Crippen LogP contribution in [-0.4, -0.2) is 28.7 Å². The summed E-state index contributed by atoms with van der Waals surface area (Å²) in [5.41, 5.74) is 2.06. The van der Waals surface area contributed by atoms with Crippen molar-refractivity contribution in [1.29, 1.82) is 0 Å². The van der Waals surface area contributed by atoms with E-state index in [1.54, 1.807) is 10.8 Å². The summed E-state index contributed by atoms with van der Waals surface area (Å²) >= 11 is 5.89. The Morgan fingerprint density at radius 3 is 2.35 bits per heavy atom. The fourth-order valence-corrected chi connectivity index (χ4v) is 2.42. The number of aromatic carboxylic acids is 1. The molecule has 1 aromatic heterocycles. The molecule has 2 aromatic rings. The van der Waals surface area contributed by atoms with Gasteiger partial charge < -0.3 is 14.6 Å². The van der Waals surface area contributed by atoms with Crippen LogP contribution in [0.15, 0.2) is 36.5 Å². The maximum Gasteiger partial charge on any atom is 0.352 e. The molecule has 1 aromatic carbocycles. The van der Waals surface area contributed by atoms with Crippen LogP contribution in [0.1, 0.15) is 24.3 Å². The second-order valence-electron chi connectivity index (χ2n) is 4.41. The van der Waals surface area contributed by atoms with Crippen molar-refractivity contribution < 1.29 is 9.90 Å². The first-order chi connectivity index (χ1) is 9.56. The quantitative estimate of drug-likeness (QED) is 0.914. The molecule has 5 heteroatoms. The lowest BCUT2D eigenvalue weighted by atomic mass is 10.2. The number of halogens is 1. The molecule has 0 aliphatic heterocycles. The molecule has 1 heterocycles. The molecule has 0 amide bonds. The van der Waals surface area contributed by atoms with E-state index in [4.69, 9.17) is 11.6 Å². The molecular weight excluding hydrogens is 276 g/mol. The molecule has 0 saturated heterocycles. The third kappa shape index (κ3) is 2.80. The number of aromatic nitrogens is 1. The van der Waals surface area contributed by atoms with Crippen LogP contribution in [0.5, 0.6) is 0 Å². The lowest BCUT2D eigenvalue weighted by molar-refractivity contribution is 0.0688. The average Bonchev–Trinajstić information content (AvgIpc) is 2.83.